The van der Waals surface area contributed by atoms with Crippen LogP contribution in [0.2, 0.25) is 10.0 Å². The van der Waals surface area contributed by atoms with Gasteiger partial charge < -0.3 is 10.4 Å². The van der Waals surface area contributed by atoms with E-state index in [-0.39, 0.29) is 18.0 Å². The fourth-order valence-electron chi connectivity index (χ4n) is 2.09. The van der Waals surface area contributed by atoms with Crippen molar-refractivity contribution >= 4 is 29.1 Å². The molecule has 0 saturated carbocycles. The fraction of sp³-hybridized carbons (Fsp3) is 0.235. The predicted octanol–water partition coefficient (Wildman–Crippen LogP) is 3.72. The highest BCUT2D eigenvalue weighted by Gasteiger charge is 2.15. The molecular weight excluding hydrogens is 321 g/mol. The number of aryl methyl sites for hydroxylation is 1. The summed E-state index contributed by atoms with van der Waals surface area (Å²) in [6.45, 7) is 0.160. The lowest BCUT2D eigenvalue weighted by Crippen LogP contribution is -2.32. The van der Waals surface area contributed by atoms with Crippen molar-refractivity contribution < 1.29 is 9.90 Å². The van der Waals surface area contributed by atoms with Gasteiger partial charge in [-0.1, -0.05) is 59.6 Å². The number of carbonyl (C=O) groups excluding carboxylic acids is 1. The van der Waals surface area contributed by atoms with Gasteiger partial charge in [-0.15, -0.1) is 0 Å². The Balaban J connectivity index is 1.83. The molecule has 5 heteroatoms. The standard InChI is InChI=1S/C17H17Cl2NO2/c18-14-7-4-8-15(19)16(14)17(22)20-11-13(21)10-9-12-5-2-1-3-6-12/h1-8,13,21H,9-11H2,(H,20,22)/t13-/m1/s1. The second kappa shape index (κ2) is 8.18. The molecule has 2 rings (SSSR count). The third kappa shape index (κ3) is 4.73. The van der Waals surface area contributed by atoms with Crippen LogP contribution >= 0.6 is 23.2 Å². The van der Waals surface area contributed by atoms with Crippen molar-refractivity contribution in [2.24, 2.45) is 0 Å². The van der Waals surface area contributed by atoms with Gasteiger partial charge in [-0.2, -0.15) is 0 Å². The van der Waals surface area contributed by atoms with Gasteiger partial charge in [0.15, 0.2) is 0 Å². The van der Waals surface area contributed by atoms with Crippen LogP contribution in [-0.2, 0) is 6.42 Å². The largest absolute Gasteiger partial charge is 0.391 e. The number of rotatable bonds is 6. The van der Waals surface area contributed by atoms with E-state index in [1.165, 1.54) is 0 Å². The van der Waals surface area contributed by atoms with Gasteiger partial charge in [0, 0.05) is 6.54 Å². The van der Waals surface area contributed by atoms with Gasteiger partial charge >= 0.3 is 0 Å². The summed E-state index contributed by atoms with van der Waals surface area (Å²) in [5.74, 6) is -0.380. The second-order valence-corrected chi connectivity index (χ2v) is 5.80. The lowest BCUT2D eigenvalue weighted by atomic mass is 10.1. The molecule has 0 aliphatic heterocycles. The van der Waals surface area contributed by atoms with Gasteiger partial charge in [-0.05, 0) is 30.5 Å². The number of hydrogen-bond acceptors (Lipinski definition) is 2. The Labute approximate surface area is 139 Å². The molecule has 0 aliphatic rings. The monoisotopic (exact) mass is 337 g/mol. The van der Waals surface area contributed by atoms with Gasteiger partial charge in [-0.3, -0.25) is 4.79 Å². The minimum atomic E-state index is -0.620. The summed E-state index contributed by atoms with van der Waals surface area (Å²) in [6, 6.07) is 14.8. The third-order valence-electron chi connectivity index (χ3n) is 3.30. The number of aliphatic hydroxyl groups excluding tert-OH is 1. The zero-order valence-electron chi connectivity index (χ0n) is 11.9. The first-order valence-electron chi connectivity index (χ1n) is 7.02. The summed E-state index contributed by atoms with van der Waals surface area (Å²) in [5.41, 5.74) is 1.39. The maximum atomic E-state index is 12.1. The molecule has 0 unspecified atom stereocenters. The van der Waals surface area contributed by atoms with Gasteiger partial charge in [0.1, 0.15) is 0 Å². The molecule has 3 nitrogen and oxygen atoms in total. The minimum Gasteiger partial charge on any atom is -0.391 e. The van der Waals surface area contributed by atoms with Crippen molar-refractivity contribution in [2.75, 3.05) is 6.54 Å². The molecule has 0 heterocycles. The molecule has 0 spiro atoms. The maximum absolute atomic E-state index is 12.1. The van der Waals surface area contributed by atoms with E-state index in [0.29, 0.717) is 16.5 Å². The molecule has 0 radical (unpaired) electrons. The molecule has 0 aliphatic carbocycles. The third-order valence-corrected chi connectivity index (χ3v) is 3.93. The second-order valence-electron chi connectivity index (χ2n) is 4.98. The van der Waals surface area contributed by atoms with Crippen LogP contribution in [0.15, 0.2) is 48.5 Å². The number of carbonyl (C=O) groups is 1. The van der Waals surface area contributed by atoms with E-state index in [1.807, 2.05) is 30.3 Å². The van der Waals surface area contributed by atoms with Gasteiger partial charge in [0.2, 0.25) is 0 Å². The van der Waals surface area contributed by atoms with Crippen LogP contribution < -0.4 is 5.32 Å². The molecule has 22 heavy (non-hydrogen) atoms. The first kappa shape index (κ1) is 16.8. The average molecular weight is 338 g/mol. The van der Waals surface area contributed by atoms with Crippen molar-refractivity contribution in [3.63, 3.8) is 0 Å². The highest BCUT2D eigenvalue weighted by molar-refractivity contribution is 6.39. The zero-order valence-corrected chi connectivity index (χ0v) is 13.4. The van der Waals surface area contributed by atoms with Crippen LogP contribution in [0.3, 0.4) is 0 Å². The molecule has 0 bridgehead atoms. The SMILES string of the molecule is O=C(NC[C@H](O)CCc1ccccc1)c1c(Cl)cccc1Cl. The Bertz CT molecular complexity index is 612. The first-order chi connectivity index (χ1) is 10.6. The van der Waals surface area contributed by atoms with E-state index in [0.717, 1.165) is 12.0 Å². The number of amides is 1. The predicted molar refractivity (Wildman–Crippen MR) is 89.6 cm³/mol. The number of nitrogens with one attached hydrogen (secondary N) is 1. The van der Waals surface area contributed by atoms with Crippen LogP contribution in [0, 0.1) is 0 Å². The summed E-state index contributed by atoms with van der Waals surface area (Å²) < 4.78 is 0. The van der Waals surface area contributed by atoms with E-state index >= 15 is 0 Å². The normalized spacial score (nSPS) is 12.0. The molecule has 0 aromatic heterocycles. The van der Waals surface area contributed by atoms with Crippen LogP contribution in [0.1, 0.15) is 22.3 Å². The van der Waals surface area contributed by atoms with Crippen molar-refractivity contribution in [1.82, 2.24) is 5.32 Å². The fourth-order valence-corrected chi connectivity index (χ4v) is 2.66. The first-order valence-corrected chi connectivity index (χ1v) is 7.77. The molecule has 116 valence electrons. The van der Waals surface area contributed by atoms with Crippen LogP contribution in [0.4, 0.5) is 0 Å². The smallest absolute Gasteiger partial charge is 0.254 e. The average Bonchev–Trinajstić information content (AvgIpc) is 2.52. The number of hydrogen-bond donors (Lipinski definition) is 2. The lowest BCUT2D eigenvalue weighted by molar-refractivity contribution is 0.0911. The summed E-state index contributed by atoms with van der Waals surface area (Å²) >= 11 is 11.9. The van der Waals surface area contributed by atoms with Crippen molar-refractivity contribution in [3.8, 4) is 0 Å². The van der Waals surface area contributed by atoms with E-state index in [2.05, 4.69) is 5.32 Å². The van der Waals surface area contributed by atoms with Crippen molar-refractivity contribution in [1.29, 1.82) is 0 Å². The van der Waals surface area contributed by atoms with Crippen molar-refractivity contribution in [3.05, 3.63) is 69.7 Å². The molecule has 1 atom stereocenters. The number of aliphatic hydroxyl groups is 1. The highest BCUT2D eigenvalue weighted by atomic mass is 35.5. The summed E-state index contributed by atoms with van der Waals surface area (Å²) in [5, 5.41) is 13.2. The Morgan fingerprint density at radius 2 is 1.68 bits per heavy atom. The maximum Gasteiger partial charge on any atom is 0.254 e. The minimum absolute atomic E-state index is 0.160. The quantitative estimate of drug-likeness (QED) is 0.843. The summed E-state index contributed by atoms with van der Waals surface area (Å²) in [4.78, 5) is 12.1. The van der Waals surface area contributed by atoms with E-state index in [1.54, 1.807) is 18.2 Å². The van der Waals surface area contributed by atoms with E-state index in [4.69, 9.17) is 23.2 Å². The molecule has 2 N–H and O–H groups in total. The number of halogens is 2. The molecule has 0 fully saturated rings. The zero-order chi connectivity index (χ0) is 15.9. The molecule has 2 aromatic rings. The Morgan fingerprint density at radius 3 is 2.32 bits per heavy atom. The topological polar surface area (TPSA) is 49.3 Å². The molecular formula is C17H17Cl2NO2. The molecule has 1 amide bonds. The number of benzene rings is 2. The lowest BCUT2D eigenvalue weighted by Gasteiger charge is -2.13. The summed E-state index contributed by atoms with van der Waals surface area (Å²) in [7, 11) is 0. The Hall–Kier alpha value is -1.55. The Kier molecular flexibility index (Phi) is 6.25. The molecule has 2 aromatic carbocycles. The summed E-state index contributed by atoms with van der Waals surface area (Å²) in [6.07, 6.45) is 0.705. The van der Waals surface area contributed by atoms with E-state index < -0.39 is 6.10 Å². The van der Waals surface area contributed by atoms with Crippen molar-refractivity contribution in [2.45, 2.75) is 18.9 Å². The Morgan fingerprint density at radius 1 is 1.05 bits per heavy atom. The van der Waals surface area contributed by atoms with Gasteiger partial charge in [0.05, 0.1) is 21.7 Å². The van der Waals surface area contributed by atoms with Gasteiger partial charge in [0.25, 0.3) is 5.91 Å². The molecule has 0 saturated heterocycles. The van der Waals surface area contributed by atoms with Crippen LogP contribution in [-0.4, -0.2) is 23.7 Å². The van der Waals surface area contributed by atoms with Crippen LogP contribution in [0.5, 0.6) is 0 Å². The van der Waals surface area contributed by atoms with E-state index in [9.17, 15) is 9.90 Å². The van der Waals surface area contributed by atoms with Gasteiger partial charge in [-0.25, -0.2) is 0 Å². The van der Waals surface area contributed by atoms with Crippen LogP contribution in [0.25, 0.3) is 0 Å². The highest BCUT2D eigenvalue weighted by Crippen LogP contribution is 2.23.